The highest BCUT2D eigenvalue weighted by Gasteiger charge is 2.34. The number of rotatable bonds is 6. The van der Waals surface area contributed by atoms with Gasteiger partial charge in [0, 0.05) is 0 Å². The van der Waals surface area contributed by atoms with Gasteiger partial charge in [-0.2, -0.15) is 0 Å². The molecule has 0 fully saturated rings. The maximum atomic E-state index is 12.0. The lowest BCUT2D eigenvalue weighted by molar-refractivity contribution is -0.160. The zero-order valence-corrected chi connectivity index (χ0v) is 11.3. The summed E-state index contributed by atoms with van der Waals surface area (Å²) in [6.07, 6.45) is 0.622. The van der Waals surface area contributed by atoms with Crippen molar-refractivity contribution in [2.75, 3.05) is 6.61 Å². The topological polar surface area (TPSA) is 46.5 Å². The van der Waals surface area contributed by atoms with Crippen molar-refractivity contribution in [1.29, 1.82) is 0 Å². The van der Waals surface area contributed by atoms with E-state index in [1.165, 1.54) is 0 Å². The Hall–Kier alpha value is -1.35. The molecule has 1 N–H and O–H groups in total. The number of carbonyl (C=O) groups is 1. The number of ether oxygens (including phenoxy) is 1. The maximum Gasteiger partial charge on any atom is 0.314 e. The Labute approximate surface area is 109 Å². The predicted octanol–water partition coefficient (Wildman–Crippen LogP) is 2.77. The molecular formula is C15H22O3. The molecule has 0 aliphatic heterocycles. The quantitative estimate of drug-likeness (QED) is 0.790. The van der Waals surface area contributed by atoms with E-state index in [1.54, 1.807) is 6.92 Å². The van der Waals surface area contributed by atoms with Crippen molar-refractivity contribution >= 4 is 5.97 Å². The molecule has 0 bridgehead atoms. The van der Waals surface area contributed by atoms with Crippen molar-refractivity contribution in [2.24, 2.45) is 11.3 Å². The molecule has 1 atom stereocenters. The van der Waals surface area contributed by atoms with Crippen molar-refractivity contribution in [2.45, 2.75) is 33.8 Å². The fourth-order valence-corrected chi connectivity index (χ4v) is 2.01. The van der Waals surface area contributed by atoms with E-state index in [0.29, 0.717) is 12.3 Å². The Morgan fingerprint density at radius 1 is 1.33 bits per heavy atom. The second-order valence-electron chi connectivity index (χ2n) is 5.38. The second-order valence-corrected chi connectivity index (χ2v) is 5.38. The summed E-state index contributed by atoms with van der Waals surface area (Å²) in [5.41, 5.74) is 0.152. The van der Waals surface area contributed by atoms with Crippen LogP contribution in [-0.2, 0) is 16.1 Å². The number of esters is 1. The lowest BCUT2D eigenvalue weighted by Crippen LogP contribution is -2.34. The molecule has 0 amide bonds. The number of benzene rings is 1. The van der Waals surface area contributed by atoms with Crippen molar-refractivity contribution in [3.63, 3.8) is 0 Å². The monoisotopic (exact) mass is 250 g/mol. The number of aliphatic hydroxyl groups excluding tert-OH is 1. The molecule has 0 spiro atoms. The van der Waals surface area contributed by atoms with Gasteiger partial charge < -0.3 is 9.84 Å². The number of aliphatic hydroxyl groups is 1. The molecule has 0 radical (unpaired) electrons. The van der Waals surface area contributed by atoms with Gasteiger partial charge in [0.05, 0.1) is 12.0 Å². The zero-order chi connectivity index (χ0) is 13.6. The first kappa shape index (κ1) is 14.7. The van der Waals surface area contributed by atoms with Crippen LogP contribution in [0.2, 0.25) is 0 Å². The number of hydrogen-bond donors (Lipinski definition) is 1. The fourth-order valence-electron chi connectivity index (χ4n) is 2.01. The van der Waals surface area contributed by atoms with E-state index in [4.69, 9.17) is 4.74 Å². The first-order chi connectivity index (χ1) is 8.48. The largest absolute Gasteiger partial charge is 0.460 e. The fraction of sp³-hybridized carbons (Fsp3) is 0.533. The van der Waals surface area contributed by atoms with Crippen molar-refractivity contribution in [3.8, 4) is 0 Å². The Balaban J connectivity index is 2.58. The molecule has 0 saturated carbocycles. The van der Waals surface area contributed by atoms with E-state index in [-0.39, 0.29) is 19.2 Å². The normalized spacial score (nSPS) is 14.3. The highest BCUT2D eigenvalue weighted by Crippen LogP contribution is 2.27. The average molecular weight is 250 g/mol. The molecule has 1 aromatic rings. The molecule has 3 heteroatoms. The van der Waals surface area contributed by atoms with Crippen molar-refractivity contribution in [1.82, 2.24) is 0 Å². The Morgan fingerprint density at radius 3 is 2.44 bits per heavy atom. The summed E-state index contributed by atoms with van der Waals surface area (Å²) in [5, 5.41) is 9.40. The molecule has 0 aromatic heterocycles. The van der Waals surface area contributed by atoms with Gasteiger partial charge in [0.2, 0.25) is 0 Å². The average Bonchev–Trinajstić information content (AvgIpc) is 2.36. The second kappa shape index (κ2) is 6.55. The van der Waals surface area contributed by atoms with E-state index in [2.05, 4.69) is 0 Å². The van der Waals surface area contributed by atoms with Gasteiger partial charge in [0.1, 0.15) is 6.61 Å². The first-order valence-electron chi connectivity index (χ1n) is 6.30. The van der Waals surface area contributed by atoms with Gasteiger partial charge >= 0.3 is 5.97 Å². The minimum absolute atomic E-state index is 0.182. The van der Waals surface area contributed by atoms with Gasteiger partial charge in [-0.1, -0.05) is 44.2 Å². The molecule has 18 heavy (non-hydrogen) atoms. The van der Waals surface area contributed by atoms with Crippen LogP contribution >= 0.6 is 0 Å². The van der Waals surface area contributed by atoms with Crippen LogP contribution in [0.1, 0.15) is 32.8 Å². The number of carbonyl (C=O) groups excluding carboxylic acids is 1. The third-order valence-electron chi connectivity index (χ3n) is 2.91. The molecule has 1 unspecified atom stereocenters. The van der Waals surface area contributed by atoms with Crippen LogP contribution in [0.15, 0.2) is 30.3 Å². The van der Waals surface area contributed by atoms with Crippen LogP contribution in [0, 0.1) is 11.3 Å². The van der Waals surface area contributed by atoms with E-state index in [1.807, 2.05) is 44.2 Å². The van der Waals surface area contributed by atoms with Crippen LogP contribution in [0.5, 0.6) is 0 Å². The van der Waals surface area contributed by atoms with E-state index in [9.17, 15) is 9.90 Å². The molecule has 0 heterocycles. The van der Waals surface area contributed by atoms with Gasteiger partial charge in [0.25, 0.3) is 0 Å². The van der Waals surface area contributed by atoms with Crippen molar-refractivity contribution < 1.29 is 14.6 Å². The molecular weight excluding hydrogens is 228 g/mol. The van der Waals surface area contributed by atoms with E-state index < -0.39 is 5.41 Å². The predicted molar refractivity (Wildman–Crippen MR) is 70.9 cm³/mol. The van der Waals surface area contributed by atoms with Crippen LogP contribution in [-0.4, -0.2) is 17.7 Å². The van der Waals surface area contributed by atoms with Gasteiger partial charge in [-0.15, -0.1) is 0 Å². The molecule has 0 aliphatic rings. The molecule has 3 nitrogen and oxygen atoms in total. The van der Waals surface area contributed by atoms with Crippen LogP contribution in [0.3, 0.4) is 0 Å². The third-order valence-corrected chi connectivity index (χ3v) is 2.91. The van der Waals surface area contributed by atoms with Crippen LogP contribution in [0.25, 0.3) is 0 Å². The lowest BCUT2D eigenvalue weighted by atomic mass is 9.83. The molecule has 0 saturated heterocycles. The first-order valence-corrected chi connectivity index (χ1v) is 6.30. The Bertz CT molecular complexity index is 373. The van der Waals surface area contributed by atoms with Crippen LogP contribution < -0.4 is 0 Å². The van der Waals surface area contributed by atoms with E-state index >= 15 is 0 Å². The van der Waals surface area contributed by atoms with Crippen molar-refractivity contribution in [3.05, 3.63) is 35.9 Å². The highest BCUT2D eigenvalue weighted by molar-refractivity contribution is 5.76. The SMILES string of the molecule is CC(C)CC(C)(CO)C(=O)OCc1ccccc1. The summed E-state index contributed by atoms with van der Waals surface area (Å²) >= 11 is 0. The third kappa shape index (κ3) is 4.15. The summed E-state index contributed by atoms with van der Waals surface area (Å²) in [6.45, 7) is 5.88. The number of hydrogen-bond acceptors (Lipinski definition) is 3. The van der Waals surface area contributed by atoms with Gasteiger partial charge in [-0.25, -0.2) is 0 Å². The summed E-state index contributed by atoms with van der Waals surface area (Å²) in [5.74, 6) is 0.00831. The summed E-state index contributed by atoms with van der Waals surface area (Å²) in [7, 11) is 0. The Kier molecular flexibility index (Phi) is 5.35. The minimum atomic E-state index is -0.803. The molecule has 1 aromatic carbocycles. The van der Waals surface area contributed by atoms with Gasteiger partial charge in [0.15, 0.2) is 0 Å². The van der Waals surface area contributed by atoms with Gasteiger partial charge in [-0.3, -0.25) is 4.79 Å². The lowest BCUT2D eigenvalue weighted by Gasteiger charge is -2.26. The van der Waals surface area contributed by atoms with E-state index in [0.717, 1.165) is 5.56 Å². The summed E-state index contributed by atoms with van der Waals surface area (Å²) in [4.78, 5) is 12.0. The smallest absolute Gasteiger partial charge is 0.314 e. The van der Waals surface area contributed by atoms with Crippen LogP contribution in [0.4, 0.5) is 0 Å². The Morgan fingerprint density at radius 2 is 1.94 bits per heavy atom. The summed E-state index contributed by atoms with van der Waals surface area (Å²) < 4.78 is 5.29. The minimum Gasteiger partial charge on any atom is -0.460 e. The summed E-state index contributed by atoms with van der Waals surface area (Å²) in [6, 6.07) is 9.55. The molecule has 1 rings (SSSR count). The maximum absolute atomic E-state index is 12.0. The standard InChI is InChI=1S/C15H22O3/c1-12(2)9-15(3,11-16)14(17)18-10-13-7-5-4-6-8-13/h4-8,12,16H,9-11H2,1-3H3. The highest BCUT2D eigenvalue weighted by atomic mass is 16.5. The molecule has 0 aliphatic carbocycles. The molecule has 100 valence electrons. The van der Waals surface area contributed by atoms with Gasteiger partial charge in [-0.05, 0) is 24.8 Å². The zero-order valence-electron chi connectivity index (χ0n) is 11.3.